The van der Waals surface area contributed by atoms with Crippen molar-refractivity contribution >= 4 is 11.5 Å². The first kappa shape index (κ1) is 22.9. The van der Waals surface area contributed by atoms with Crippen LogP contribution >= 0.6 is 0 Å². The van der Waals surface area contributed by atoms with Gasteiger partial charge in [0.2, 0.25) is 0 Å². The highest BCUT2D eigenvalue weighted by Gasteiger charge is 2.50. The summed E-state index contributed by atoms with van der Waals surface area (Å²) in [6.07, 6.45) is 2.41. The van der Waals surface area contributed by atoms with Crippen molar-refractivity contribution < 1.29 is 19.2 Å². The van der Waals surface area contributed by atoms with Crippen LogP contribution in [0.5, 0.6) is 0 Å². The number of carboxylic acids is 1. The molecular weight excluding hydrogens is 435 g/mol. The van der Waals surface area contributed by atoms with Crippen molar-refractivity contribution in [3.8, 4) is 11.1 Å². The smallest absolute Gasteiger partial charge is 0.402 e. The Labute approximate surface area is 196 Å². The average molecular weight is 458 g/mol. The Morgan fingerprint density at radius 1 is 0.941 bits per heavy atom. The number of aliphatic carboxylic acids is 1. The second kappa shape index (κ2) is 9.70. The van der Waals surface area contributed by atoms with Gasteiger partial charge in [-0.05, 0) is 33.9 Å². The molecule has 0 heterocycles. The summed E-state index contributed by atoms with van der Waals surface area (Å²) in [7, 11) is 0. The molecule has 3 aromatic carbocycles. The summed E-state index contributed by atoms with van der Waals surface area (Å²) in [6, 6.07) is 24.7. The predicted molar refractivity (Wildman–Crippen MR) is 128 cm³/mol. The number of nitrogens with one attached hydrogen (secondary N) is 1. The summed E-state index contributed by atoms with van der Waals surface area (Å²) in [5, 5.41) is 24.0. The molecule has 7 heteroatoms. The maximum absolute atomic E-state index is 15.7. The molecule has 0 amide bonds. The summed E-state index contributed by atoms with van der Waals surface area (Å²) < 4.78 is 15.7. The fourth-order valence-electron chi connectivity index (χ4n) is 3.98. The van der Waals surface area contributed by atoms with Gasteiger partial charge < -0.3 is 10.4 Å². The van der Waals surface area contributed by atoms with Gasteiger partial charge in [-0.25, -0.2) is 4.79 Å². The van der Waals surface area contributed by atoms with E-state index in [2.05, 4.69) is 5.32 Å². The Morgan fingerprint density at radius 3 is 2.09 bits per heavy atom. The van der Waals surface area contributed by atoms with E-state index in [0.717, 1.165) is 16.7 Å². The molecule has 1 aliphatic rings. The summed E-state index contributed by atoms with van der Waals surface area (Å²) >= 11 is 0. The van der Waals surface area contributed by atoms with E-state index in [1.807, 2.05) is 42.5 Å². The molecular formula is C27H23FN2O4. The molecule has 4 rings (SSSR count). The molecule has 0 bridgehead atoms. The highest BCUT2D eigenvalue weighted by Crippen LogP contribution is 2.37. The minimum absolute atomic E-state index is 0.0544. The number of rotatable bonds is 8. The van der Waals surface area contributed by atoms with Gasteiger partial charge in [-0.3, -0.25) is 10.1 Å². The van der Waals surface area contributed by atoms with Crippen LogP contribution in [0.2, 0.25) is 0 Å². The molecule has 0 aromatic heterocycles. The van der Waals surface area contributed by atoms with Gasteiger partial charge in [0.05, 0.1) is 11.3 Å². The molecule has 2 N–H and O–H groups in total. The van der Waals surface area contributed by atoms with Crippen molar-refractivity contribution in [3.05, 3.63) is 124 Å². The molecule has 0 radical (unpaired) electrons. The van der Waals surface area contributed by atoms with Crippen molar-refractivity contribution in [1.29, 1.82) is 0 Å². The molecule has 0 saturated carbocycles. The average Bonchev–Trinajstić information content (AvgIpc) is 2.86. The lowest BCUT2D eigenvalue weighted by Crippen LogP contribution is -2.48. The van der Waals surface area contributed by atoms with E-state index in [4.69, 9.17) is 0 Å². The maximum Gasteiger partial charge on any atom is 0.402 e. The molecule has 0 saturated heterocycles. The standard InChI is InChI=1S/C27H23FN2O4/c28-27(30(33)34)18-23(22-13-11-21(12-14-22)20-9-5-2-6-10-20)15-16-25(27)29-24(26(31)32)17-19-7-3-1-4-8-19/h1-16,24,29H,17-18H2,(H,31,32). The van der Waals surface area contributed by atoms with Crippen LogP contribution in [0.15, 0.2) is 103 Å². The van der Waals surface area contributed by atoms with Crippen LogP contribution in [0.1, 0.15) is 17.5 Å². The number of hydrogen-bond acceptors (Lipinski definition) is 4. The van der Waals surface area contributed by atoms with E-state index < -0.39 is 29.1 Å². The Bertz CT molecular complexity index is 1240. The SMILES string of the molecule is O=C(O)C(Cc1ccccc1)NC1=CC=C(c2ccc(-c3ccccc3)cc2)CC1(F)[N+](=O)[O-]. The predicted octanol–water partition coefficient (Wildman–Crippen LogP) is 5.25. The first-order valence-electron chi connectivity index (χ1n) is 10.8. The van der Waals surface area contributed by atoms with E-state index in [1.165, 1.54) is 6.08 Å². The number of nitrogens with zero attached hydrogens (tertiary/aromatic N) is 1. The molecule has 34 heavy (non-hydrogen) atoms. The zero-order valence-corrected chi connectivity index (χ0v) is 18.2. The molecule has 0 spiro atoms. The highest BCUT2D eigenvalue weighted by molar-refractivity contribution is 5.75. The summed E-state index contributed by atoms with van der Waals surface area (Å²) in [6.45, 7) is 0. The number of carboxylic acid groups (broad SMARTS) is 1. The summed E-state index contributed by atoms with van der Waals surface area (Å²) in [5.74, 6) is -4.19. The van der Waals surface area contributed by atoms with Crippen molar-refractivity contribution in [2.75, 3.05) is 0 Å². The third-order valence-electron chi connectivity index (χ3n) is 5.85. The lowest BCUT2D eigenvalue weighted by molar-refractivity contribution is -0.592. The van der Waals surface area contributed by atoms with Crippen LogP contribution in [-0.2, 0) is 11.2 Å². The molecule has 0 aliphatic heterocycles. The Balaban J connectivity index is 1.60. The number of allylic oxidation sites excluding steroid dienone is 2. The van der Waals surface area contributed by atoms with Crippen LogP contribution in [0.4, 0.5) is 4.39 Å². The molecule has 1 aliphatic carbocycles. The monoisotopic (exact) mass is 458 g/mol. The largest absolute Gasteiger partial charge is 0.480 e. The second-order valence-corrected chi connectivity index (χ2v) is 8.13. The molecule has 6 nitrogen and oxygen atoms in total. The van der Waals surface area contributed by atoms with Gasteiger partial charge in [-0.1, -0.05) is 91.0 Å². The van der Waals surface area contributed by atoms with Crippen molar-refractivity contribution in [3.63, 3.8) is 0 Å². The van der Waals surface area contributed by atoms with Crippen LogP contribution in [0.25, 0.3) is 16.7 Å². The van der Waals surface area contributed by atoms with Gasteiger partial charge >= 0.3 is 11.8 Å². The van der Waals surface area contributed by atoms with E-state index in [1.54, 1.807) is 48.5 Å². The number of benzene rings is 3. The quantitative estimate of drug-likeness (QED) is 0.273. The number of nitro groups is 1. The fourth-order valence-corrected chi connectivity index (χ4v) is 3.98. The van der Waals surface area contributed by atoms with Gasteiger partial charge in [-0.15, -0.1) is 0 Å². The van der Waals surface area contributed by atoms with Gasteiger partial charge in [0, 0.05) is 6.42 Å². The Morgan fingerprint density at radius 2 is 1.50 bits per heavy atom. The zero-order chi connectivity index (χ0) is 24.1. The lowest BCUT2D eigenvalue weighted by Gasteiger charge is -2.27. The van der Waals surface area contributed by atoms with Gasteiger partial charge in [-0.2, -0.15) is 4.39 Å². The Hall–Kier alpha value is -4.26. The topological polar surface area (TPSA) is 92.5 Å². The van der Waals surface area contributed by atoms with Crippen molar-refractivity contribution in [2.24, 2.45) is 0 Å². The summed E-state index contributed by atoms with van der Waals surface area (Å²) in [5.41, 5.74) is 3.48. The lowest BCUT2D eigenvalue weighted by atomic mass is 9.89. The summed E-state index contributed by atoms with van der Waals surface area (Å²) in [4.78, 5) is 22.6. The third kappa shape index (κ3) is 4.88. The van der Waals surface area contributed by atoms with E-state index in [9.17, 15) is 20.0 Å². The molecule has 2 atom stereocenters. The van der Waals surface area contributed by atoms with E-state index in [0.29, 0.717) is 11.1 Å². The van der Waals surface area contributed by atoms with Gasteiger partial charge in [0.25, 0.3) is 0 Å². The molecule has 3 aromatic rings. The maximum atomic E-state index is 15.7. The number of alkyl halides is 1. The minimum atomic E-state index is -2.97. The molecule has 172 valence electrons. The molecule has 2 unspecified atom stereocenters. The third-order valence-corrected chi connectivity index (χ3v) is 5.85. The van der Waals surface area contributed by atoms with Crippen LogP contribution in [-0.4, -0.2) is 27.8 Å². The fraction of sp³-hybridized carbons (Fsp3) is 0.148. The zero-order valence-electron chi connectivity index (χ0n) is 18.2. The number of hydrogen-bond donors (Lipinski definition) is 2. The first-order valence-corrected chi connectivity index (χ1v) is 10.8. The number of carbonyl (C=O) groups is 1. The highest BCUT2D eigenvalue weighted by atomic mass is 19.1. The second-order valence-electron chi connectivity index (χ2n) is 8.13. The van der Waals surface area contributed by atoms with E-state index >= 15 is 4.39 Å². The first-order chi connectivity index (χ1) is 16.4. The van der Waals surface area contributed by atoms with E-state index in [-0.39, 0.29) is 12.1 Å². The van der Waals surface area contributed by atoms with Crippen LogP contribution in [0.3, 0.4) is 0 Å². The normalized spacial score (nSPS) is 18.4. The van der Waals surface area contributed by atoms with Gasteiger partial charge in [0.1, 0.15) is 11.7 Å². The van der Waals surface area contributed by atoms with Crippen molar-refractivity contribution in [2.45, 2.75) is 24.7 Å². The molecule has 0 fully saturated rings. The van der Waals surface area contributed by atoms with Crippen molar-refractivity contribution in [1.82, 2.24) is 5.32 Å². The Kier molecular flexibility index (Phi) is 6.54. The minimum Gasteiger partial charge on any atom is -0.480 e. The van der Waals surface area contributed by atoms with Crippen LogP contribution < -0.4 is 5.32 Å². The van der Waals surface area contributed by atoms with Crippen LogP contribution in [0, 0.1) is 10.1 Å². The van der Waals surface area contributed by atoms with Gasteiger partial charge in [0.15, 0.2) is 0 Å². The number of halogens is 1.